The third-order valence-electron chi connectivity index (χ3n) is 6.55. The number of hydrogen-bond acceptors (Lipinski definition) is 3. The smallest absolute Gasteiger partial charge is 0.271 e. The maximum atomic E-state index is 13.5. The zero-order valence-corrected chi connectivity index (χ0v) is 25.3. The van der Waals surface area contributed by atoms with Gasteiger partial charge in [-0.2, -0.15) is 0 Å². The molecule has 1 saturated heterocycles. The van der Waals surface area contributed by atoms with Crippen molar-refractivity contribution in [1.82, 2.24) is 14.8 Å². The van der Waals surface area contributed by atoms with E-state index in [-0.39, 0.29) is 11.8 Å². The summed E-state index contributed by atoms with van der Waals surface area (Å²) in [6, 6.07) is 8.27. The third kappa shape index (κ3) is 8.20. The number of carbonyl (C=O) groups is 2. The summed E-state index contributed by atoms with van der Waals surface area (Å²) in [6.07, 6.45) is 6.48. The van der Waals surface area contributed by atoms with Crippen molar-refractivity contribution in [2.24, 2.45) is 0 Å². The minimum Gasteiger partial charge on any atom is -0.361 e. The molecular formula is C27H39BrClN3O3Si. The Hall–Kier alpha value is -1.61. The average Bonchev–Trinajstić information content (AvgIpc) is 3.45. The van der Waals surface area contributed by atoms with Crippen molar-refractivity contribution in [2.45, 2.75) is 84.0 Å². The number of halogens is 2. The van der Waals surface area contributed by atoms with E-state index < -0.39 is 14.1 Å². The van der Waals surface area contributed by atoms with Crippen LogP contribution in [0.4, 0.5) is 0 Å². The summed E-state index contributed by atoms with van der Waals surface area (Å²) in [4.78, 5) is 28.4. The molecule has 0 radical (unpaired) electrons. The predicted molar refractivity (Wildman–Crippen MR) is 152 cm³/mol. The molecule has 2 amide bonds. The number of nitrogens with one attached hydrogen (secondary N) is 1. The number of aryl methyl sites for hydroxylation is 1. The maximum Gasteiger partial charge on any atom is 0.271 e. The first-order valence-corrected chi connectivity index (χ1v) is 17.8. The third-order valence-corrected chi connectivity index (χ3v) is 8.92. The van der Waals surface area contributed by atoms with Crippen LogP contribution in [0.3, 0.4) is 0 Å². The van der Waals surface area contributed by atoms with Gasteiger partial charge in [0.15, 0.2) is 0 Å². The Morgan fingerprint density at radius 1 is 1.22 bits per heavy atom. The van der Waals surface area contributed by atoms with E-state index >= 15 is 0 Å². The molecule has 0 saturated carbocycles. The first kappa shape index (κ1) is 29.0. The molecule has 2 aromatic rings. The number of carbonyl (C=O) groups excluding carboxylic acids is 2. The van der Waals surface area contributed by atoms with E-state index in [1.807, 2.05) is 35.0 Å². The number of amides is 2. The van der Waals surface area contributed by atoms with Gasteiger partial charge in [0.25, 0.3) is 5.91 Å². The van der Waals surface area contributed by atoms with Gasteiger partial charge in [-0.05, 0) is 77.0 Å². The van der Waals surface area contributed by atoms with E-state index in [2.05, 4.69) is 47.8 Å². The van der Waals surface area contributed by atoms with Gasteiger partial charge in [0, 0.05) is 43.5 Å². The number of aromatic nitrogens is 1. The van der Waals surface area contributed by atoms with Crippen LogP contribution >= 0.6 is 27.5 Å². The molecule has 0 unspecified atom stereocenters. The normalized spacial score (nSPS) is 15.9. The second kappa shape index (κ2) is 13.3. The van der Waals surface area contributed by atoms with Crippen LogP contribution in [0.2, 0.25) is 30.7 Å². The lowest BCUT2D eigenvalue weighted by molar-refractivity contribution is -0.125. The summed E-state index contributed by atoms with van der Waals surface area (Å²) < 4.78 is 8.54. The van der Waals surface area contributed by atoms with Crippen molar-refractivity contribution in [3.63, 3.8) is 0 Å². The Morgan fingerprint density at radius 2 is 2.00 bits per heavy atom. The number of hydrogen-bond donors (Lipinski definition) is 1. The highest BCUT2D eigenvalue weighted by atomic mass is 79.9. The van der Waals surface area contributed by atoms with Crippen molar-refractivity contribution in [3.8, 4) is 0 Å². The first-order chi connectivity index (χ1) is 17.1. The predicted octanol–water partition coefficient (Wildman–Crippen LogP) is 6.48. The number of likely N-dealkylation sites (tertiary alicyclic amines) is 1. The zero-order chi connectivity index (χ0) is 26.3. The highest BCUT2D eigenvalue weighted by Gasteiger charge is 2.35. The lowest BCUT2D eigenvalue weighted by Gasteiger charge is -2.25. The van der Waals surface area contributed by atoms with Gasteiger partial charge in [0.2, 0.25) is 5.91 Å². The molecule has 1 aliphatic rings. The van der Waals surface area contributed by atoms with Gasteiger partial charge in [0.1, 0.15) is 18.5 Å². The summed E-state index contributed by atoms with van der Waals surface area (Å²) in [5, 5.41) is 3.73. The largest absolute Gasteiger partial charge is 0.361 e. The minimum absolute atomic E-state index is 0.120. The molecule has 1 aromatic carbocycles. The van der Waals surface area contributed by atoms with Gasteiger partial charge < -0.3 is 19.5 Å². The van der Waals surface area contributed by atoms with E-state index in [0.717, 1.165) is 41.8 Å². The van der Waals surface area contributed by atoms with E-state index in [1.165, 1.54) is 5.56 Å². The van der Waals surface area contributed by atoms with Crippen molar-refractivity contribution in [1.29, 1.82) is 0 Å². The van der Waals surface area contributed by atoms with Crippen LogP contribution in [0.25, 0.3) is 0 Å². The fraction of sp³-hybridized carbons (Fsp3) is 0.556. The van der Waals surface area contributed by atoms with Crippen LogP contribution in [0.1, 0.15) is 54.2 Å². The van der Waals surface area contributed by atoms with Gasteiger partial charge in [-0.3, -0.25) is 9.59 Å². The summed E-state index contributed by atoms with van der Waals surface area (Å²) in [5.74, 6) is -0.260. The molecular weight excluding hydrogens is 558 g/mol. The fourth-order valence-electron chi connectivity index (χ4n) is 4.40. The SMILES string of the molecule is CCCCc1ccc(Cl)cc1CNC(=O)[C@@H]1CCCN1C(=O)c1cc(Br)cn1COCC[Si](C)(C)C. The van der Waals surface area contributed by atoms with E-state index in [4.69, 9.17) is 16.3 Å². The molecule has 0 bridgehead atoms. The molecule has 36 heavy (non-hydrogen) atoms. The quantitative estimate of drug-likeness (QED) is 0.225. The lowest BCUT2D eigenvalue weighted by atomic mass is 10.0. The van der Waals surface area contributed by atoms with Crippen molar-refractivity contribution >= 4 is 47.4 Å². The zero-order valence-electron chi connectivity index (χ0n) is 21.9. The van der Waals surface area contributed by atoms with Crippen LogP contribution in [-0.4, -0.2) is 48.5 Å². The van der Waals surface area contributed by atoms with Gasteiger partial charge >= 0.3 is 0 Å². The second-order valence-corrected chi connectivity index (χ2v) is 17.7. The fourth-order valence-corrected chi connectivity index (χ4v) is 5.82. The average molecular weight is 597 g/mol. The van der Waals surface area contributed by atoms with E-state index in [1.54, 1.807) is 4.90 Å². The molecule has 1 atom stereocenters. The topological polar surface area (TPSA) is 63.6 Å². The Kier molecular flexibility index (Phi) is 10.7. The van der Waals surface area contributed by atoms with Gasteiger partial charge in [-0.15, -0.1) is 0 Å². The van der Waals surface area contributed by atoms with Gasteiger partial charge in [0.05, 0.1) is 0 Å². The molecule has 1 fully saturated rings. The standard InChI is InChI=1S/C27H39BrClN3O3Si/c1-5-6-8-20-10-11-23(29)15-21(20)17-30-26(33)24-9-7-12-32(24)27(34)25-16-22(28)18-31(25)19-35-13-14-36(2,3)4/h10-11,15-16,18,24H,5-9,12-14,17,19H2,1-4H3,(H,30,33)/t24-/m0/s1. The van der Waals surface area contributed by atoms with E-state index in [9.17, 15) is 9.59 Å². The Balaban J connectivity index is 1.65. The van der Waals surface area contributed by atoms with Crippen LogP contribution in [0.5, 0.6) is 0 Å². The second-order valence-electron chi connectivity index (χ2n) is 10.8. The van der Waals surface area contributed by atoms with Crippen molar-refractivity contribution in [3.05, 3.63) is 56.8 Å². The molecule has 198 valence electrons. The maximum absolute atomic E-state index is 13.5. The van der Waals surface area contributed by atoms with Crippen LogP contribution in [-0.2, 0) is 29.2 Å². The highest BCUT2D eigenvalue weighted by molar-refractivity contribution is 9.10. The monoisotopic (exact) mass is 595 g/mol. The molecule has 0 spiro atoms. The van der Waals surface area contributed by atoms with Gasteiger partial charge in [-0.1, -0.05) is 50.7 Å². The summed E-state index contributed by atoms with van der Waals surface area (Å²) in [7, 11) is -1.19. The van der Waals surface area contributed by atoms with Crippen LogP contribution in [0.15, 0.2) is 34.9 Å². The number of unbranched alkanes of at least 4 members (excludes halogenated alkanes) is 1. The molecule has 9 heteroatoms. The first-order valence-electron chi connectivity index (χ1n) is 12.9. The number of benzene rings is 1. The number of ether oxygens (including phenoxy) is 1. The summed E-state index contributed by atoms with van der Waals surface area (Å²) in [5.41, 5.74) is 2.78. The van der Waals surface area contributed by atoms with Crippen LogP contribution in [0, 0.1) is 0 Å². The minimum atomic E-state index is -1.19. The van der Waals surface area contributed by atoms with Gasteiger partial charge in [-0.25, -0.2) is 0 Å². The van der Waals surface area contributed by atoms with Crippen molar-refractivity contribution < 1.29 is 14.3 Å². The molecule has 1 N–H and O–H groups in total. The Morgan fingerprint density at radius 3 is 2.72 bits per heavy atom. The molecule has 1 aromatic heterocycles. The molecule has 1 aliphatic heterocycles. The molecule has 2 heterocycles. The number of nitrogens with zero attached hydrogens (tertiary/aromatic N) is 2. The number of rotatable bonds is 12. The molecule has 3 rings (SSSR count). The van der Waals surface area contributed by atoms with E-state index in [0.29, 0.717) is 43.6 Å². The Bertz CT molecular complexity index is 1050. The summed E-state index contributed by atoms with van der Waals surface area (Å²) in [6.45, 7) is 11.1. The molecule has 0 aliphatic carbocycles. The van der Waals surface area contributed by atoms with Crippen molar-refractivity contribution in [2.75, 3.05) is 13.2 Å². The highest BCUT2D eigenvalue weighted by Crippen LogP contribution is 2.24. The lowest BCUT2D eigenvalue weighted by Crippen LogP contribution is -2.46. The molecule has 6 nitrogen and oxygen atoms in total. The Labute approximate surface area is 229 Å². The summed E-state index contributed by atoms with van der Waals surface area (Å²) >= 11 is 9.73. The van der Waals surface area contributed by atoms with Crippen LogP contribution < -0.4 is 5.32 Å².